The van der Waals surface area contributed by atoms with Crippen molar-refractivity contribution in [1.82, 2.24) is 0 Å². The number of benzene rings is 5. The fraction of sp³-hybridized carbons (Fsp3) is 0. The van der Waals surface area contributed by atoms with Crippen molar-refractivity contribution in [2.24, 2.45) is 0 Å². The van der Waals surface area contributed by atoms with Crippen LogP contribution in [0.1, 0.15) is 0 Å². The Kier molecular flexibility index (Phi) is 5.32. The maximum atomic E-state index is 3.72. The predicted molar refractivity (Wildman–Crippen MR) is 132 cm³/mol. The number of anilines is 2. The zero-order valence-corrected chi connectivity index (χ0v) is 17.2. The number of hydrogen-bond acceptors (Lipinski definition) is 1. The lowest BCUT2D eigenvalue weighted by Gasteiger charge is -2.18. The second kappa shape index (κ2) is 8.73. The van der Waals surface area contributed by atoms with E-state index in [-0.39, 0.29) is 0 Å². The Hall–Kier alpha value is -4.10. The SMILES string of the molecule is c1ccc(-c2ccc(Nc3c(-c4ccccc4)cccc3-c3ccccc3)cc2)cc1. The van der Waals surface area contributed by atoms with Gasteiger partial charge >= 0.3 is 0 Å². The van der Waals surface area contributed by atoms with Crippen molar-refractivity contribution in [3.63, 3.8) is 0 Å². The first-order chi connectivity index (χ1) is 15.4. The fourth-order valence-electron chi connectivity index (χ4n) is 3.92. The molecule has 0 saturated carbocycles. The molecule has 0 atom stereocenters. The maximum absolute atomic E-state index is 3.72. The predicted octanol–water partition coefficient (Wildman–Crippen LogP) is 8.43. The van der Waals surface area contributed by atoms with Crippen LogP contribution < -0.4 is 5.32 Å². The van der Waals surface area contributed by atoms with Gasteiger partial charge in [-0.15, -0.1) is 0 Å². The molecule has 0 radical (unpaired) electrons. The molecule has 5 rings (SSSR count). The third kappa shape index (κ3) is 4.12. The highest BCUT2D eigenvalue weighted by atomic mass is 14.9. The van der Waals surface area contributed by atoms with Crippen molar-refractivity contribution in [2.75, 3.05) is 5.32 Å². The van der Waals surface area contributed by atoms with E-state index in [4.69, 9.17) is 0 Å². The molecule has 5 aromatic carbocycles. The minimum atomic E-state index is 1.07. The molecule has 0 bridgehead atoms. The van der Waals surface area contributed by atoms with Gasteiger partial charge in [-0.2, -0.15) is 0 Å². The summed E-state index contributed by atoms with van der Waals surface area (Å²) in [4.78, 5) is 0. The van der Waals surface area contributed by atoms with Crippen molar-refractivity contribution in [2.45, 2.75) is 0 Å². The first-order valence-corrected chi connectivity index (χ1v) is 10.5. The Morgan fingerprint density at radius 1 is 0.323 bits per heavy atom. The molecule has 0 heterocycles. The first kappa shape index (κ1) is 18.9. The van der Waals surface area contributed by atoms with Crippen molar-refractivity contribution < 1.29 is 0 Å². The minimum absolute atomic E-state index is 1.07. The van der Waals surface area contributed by atoms with Gasteiger partial charge in [0.25, 0.3) is 0 Å². The lowest BCUT2D eigenvalue weighted by atomic mass is 9.95. The van der Waals surface area contributed by atoms with Crippen molar-refractivity contribution >= 4 is 11.4 Å². The van der Waals surface area contributed by atoms with Crippen LogP contribution in [-0.2, 0) is 0 Å². The quantitative estimate of drug-likeness (QED) is 0.314. The van der Waals surface area contributed by atoms with E-state index in [1.165, 1.54) is 33.4 Å². The molecule has 1 heteroatoms. The van der Waals surface area contributed by atoms with E-state index < -0.39 is 0 Å². The minimum Gasteiger partial charge on any atom is -0.355 e. The lowest BCUT2D eigenvalue weighted by molar-refractivity contribution is 1.51. The highest BCUT2D eigenvalue weighted by Gasteiger charge is 2.12. The van der Waals surface area contributed by atoms with Gasteiger partial charge in [0.2, 0.25) is 0 Å². The zero-order valence-electron chi connectivity index (χ0n) is 17.2. The number of rotatable bonds is 5. The van der Waals surface area contributed by atoms with E-state index in [0.717, 1.165) is 11.4 Å². The van der Waals surface area contributed by atoms with E-state index in [2.05, 4.69) is 133 Å². The zero-order chi connectivity index (χ0) is 20.9. The normalized spacial score (nSPS) is 10.6. The average molecular weight is 398 g/mol. The molecule has 148 valence electrons. The lowest BCUT2D eigenvalue weighted by Crippen LogP contribution is -1.97. The standard InChI is InChI=1S/C30H23N/c1-4-11-23(12-5-1)24-19-21-27(22-20-24)31-30-28(25-13-6-2-7-14-25)17-10-18-29(30)26-15-8-3-9-16-26/h1-22,31H. The molecule has 5 aromatic rings. The topological polar surface area (TPSA) is 12.0 Å². The van der Waals surface area contributed by atoms with Gasteiger partial charge < -0.3 is 5.32 Å². The van der Waals surface area contributed by atoms with Crippen molar-refractivity contribution in [3.8, 4) is 33.4 Å². The van der Waals surface area contributed by atoms with Crippen LogP contribution >= 0.6 is 0 Å². The molecule has 0 saturated heterocycles. The molecular formula is C30H23N. The Labute approximate surface area is 183 Å². The summed E-state index contributed by atoms with van der Waals surface area (Å²) >= 11 is 0. The molecule has 1 nitrogen and oxygen atoms in total. The highest BCUT2D eigenvalue weighted by Crippen LogP contribution is 2.39. The highest BCUT2D eigenvalue weighted by molar-refractivity contribution is 5.92. The summed E-state index contributed by atoms with van der Waals surface area (Å²) in [5.41, 5.74) is 9.40. The Morgan fingerprint density at radius 3 is 1.23 bits per heavy atom. The van der Waals surface area contributed by atoms with Crippen molar-refractivity contribution in [3.05, 3.63) is 133 Å². The summed E-state index contributed by atoms with van der Waals surface area (Å²) in [6.45, 7) is 0. The molecule has 1 N–H and O–H groups in total. The smallest absolute Gasteiger partial charge is 0.0543 e. The van der Waals surface area contributed by atoms with Gasteiger partial charge in [-0.25, -0.2) is 0 Å². The molecule has 0 aromatic heterocycles. The van der Waals surface area contributed by atoms with E-state index in [1.807, 2.05) is 6.07 Å². The summed E-state index contributed by atoms with van der Waals surface area (Å²) in [7, 11) is 0. The van der Waals surface area contributed by atoms with Gasteiger partial charge in [0, 0.05) is 16.8 Å². The molecule has 0 spiro atoms. The summed E-state index contributed by atoms with van der Waals surface area (Å²) in [6.07, 6.45) is 0. The number of nitrogens with one attached hydrogen (secondary N) is 1. The van der Waals surface area contributed by atoms with E-state index >= 15 is 0 Å². The van der Waals surface area contributed by atoms with Gasteiger partial charge in [-0.05, 0) is 34.4 Å². The second-order valence-corrected chi connectivity index (χ2v) is 7.53. The first-order valence-electron chi connectivity index (χ1n) is 10.5. The summed E-state index contributed by atoms with van der Waals surface area (Å²) < 4.78 is 0. The Bertz CT molecular complexity index is 1200. The van der Waals surface area contributed by atoms with E-state index in [9.17, 15) is 0 Å². The molecule has 0 aliphatic rings. The van der Waals surface area contributed by atoms with Crippen LogP contribution in [0.3, 0.4) is 0 Å². The van der Waals surface area contributed by atoms with Crippen LogP contribution in [0, 0.1) is 0 Å². The molecule has 0 unspecified atom stereocenters. The molecule has 0 aliphatic carbocycles. The summed E-state index contributed by atoms with van der Waals surface area (Å²) in [5, 5.41) is 3.72. The molecule has 0 fully saturated rings. The van der Waals surface area contributed by atoms with Crippen LogP contribution in [0.5, 0.6) is 0 Å². The Morgan fingerprint density at radius 2 is 0.742 bits per heavy atom. The van der Waals surface area contributed by atoms with Gasteiger partial charge in [0.15, 0.2) is 0 Å². The third-order valence-electron chi connectivity index (χ3n) is 5.50. The average Bonchev–Trinajstić information content (AvgIpc) is 2.86. The van der Waals surface area contributed by atoms with Crippen LogP contribution in [0.25, 0.3) is 33.4 Å². The fourth-order valence-corrected chi connectivity index (χ4v) is 3.92. The van der Waals surface area contributed by atoms with E-state index in [1.54, 1.807) is 0 Å². The van der Waals surface area contributed by atoms with Gasteiger partial charge in [0.05, 0.1) is 5.69 Å². The number of hydrogen-bond donors (Lipinski definition) is 1. The van der Waals surface area contributed by atoms with Crippen LogP contribution in [0.15, 0.2) is 133 Å². The van der Waals surface area contributed by atoms with Crippen LogP contribution in [0.4, 0.5) is 11.4 Å². The molecular weight excluding hydrogens is 374 g/mol. The summed E-state index contributed by atoms with van der Waals surface area (Å²) in [5.74, 6) is 0. The molecule has 0 aliphatic heterocycles. The molecule has 31 heavy (non-hydrogen) atoms. The number of para-hydroxylation sites is 1. The maximum Gasteiger partial charge on any atom is 0.0543 e. The van der Waals surface area contributed by atoms with Gasteiger partial charge in [-0.3, -0.25) is 0 Å². The van der Waals surface area contributed by atoms with Gasteiger partial charge in [-0.1, -0.05) is 121 Å². The van der Waals surface area contributed by atoms with Gasteiger partial charge in [0.1, 0.15) is 0 Å². The van der Waals surface area contributed by atoms with Crippen molar-refractivity contribution in [1.29, 1.82) is 0 Å². The monoisotopic (exact) mass is 397 g/mol. The Balaban J connectivity index is 1.57. The van der Waals surface area contributed by atoms with Crippen LogP contribution in [0.2, 0.25) is 0 Å². The van der Waals surface area contributed by atoms with E-state index in [0.29, 0.717) is 0 Å². The largest absolute Gasteiger partial charge is 0.355 e. The third-order valence-corrected chi connectivity index (χ3v) is 5.50. The second-order valence-electron chi connectivity index (χ2n) is 7.53. The van der Waals surface area contributed by atoms with Crippen LogP contribution in [-0.4, -0.2) is 0 Å². The molecule has 0 amide bonds. The summed E-state index contributed by atoms with van der Waals surface area (Å²) in [6, 6.07) is 46.7.